The SMILES string of the molecule is C/C=C/CNCCc1ncon1. The first-order valence-electron chi connectivity index (χ1n) is 4.00. The molecule has 0 atom stereocenters. The Bertz CT molecular complexity index is 218. The molecule has 1 aromatic heterocycles. The zero-order valence-electron chi connectivity index (χ0n) is 7.16. The minimum atomic E-state index is 0.753. The van der Waals surface area contributed by atoms with E-state index in [-0.39, 0.29) is 0 Å². The lowest BCUT2D eigenvalue weighted by molar-refractivity contribution is 0.409. The minimum Gasteiger partial charge on any atom is -0.343 e. The van der Waals surface area contributed by atoms with Crippen molar-refractivity contribution in [1.29, 1.82) is 0 Å². The van der Waals surface area contributed by atoms with Crippen LogP contribution >= 0.6 is 0 Å². The second-order valence-electron chi connectivity index (χ2n) is 2.37. The summed E-state index contributed by atoms with van der Waals surface area (Å²) in [7, 11) is 0. The van der Waals surface area contributed by atoms with Gasteiger partial charge in [-0.15, -0.1) is 0 Å². The monoisotopic (exact) mass is 167 g/mol. The van der Waals surface area contributed by atoms with Crippen molar-refractivity contribution in [2.24, 2.45) is 0 Å². The molecular weight excluding hydrogens is 154 g/mol. The van der Waals surface area contributed by atoms with Gasteiger partial charge in [-0.25, -0.2) is 0 Å². The van der Waals surface area contributed by atoms with Crippen LogP contribution in [0.25, 0.3) is 0 Å². The van der Waals surface area contributed by atoms with Crippen LogP contribution in [-0.4, -0.2) is 23.2 Å². The van der Waals surface area contributed by atoms with E-state index >= 15 is 0 Å². The van der Waals surface area contributed by atoms with E-state index in [2.05, 4.69) is 26.1 Å². The highest BCUT2D eigenvalue weighted by molar-refractivity contribution is 4.82. The van der Waals surface area contributed by atoms with Crippen molar-refractivity contribution < 1.29 is 4.52 Å². The van der Waals surface area contributed by atoms with Gasteiger partial charge in [0.15, 0.2) is 5.82 Å². The van der Waals surface area contributed by atoms with E-state index in [0.717, 1.165) is 25.3 Å². The average Bonchev–Trinajstić information content (AvgIpc) is 2.57. The van der Waals surface area contributed by atoms with Gasteiger partial charge in [0.25, 0.3) is 0 Å². The maximum atomic E-state index is 4.59. The van der Waals surface area contributed by atoms with Crippen molar-refractivity contribution in [1.82, 2.24) is 15.5 Å². The predicted molar refractivity (Wildman–Crippen MR) is 45.7 cm³/mol. The van der Waals surface area contributed by atoms with Gasteiger partial charge < -0.3 is 9.84 Å². The number of nitrogens with zero attached hydrogens (tertiary/aromatic N) is 2. The Labute approximate surface area is 71.7 Å². The van der Waals surface area contributed by atoms with E-state index in [1.165, 1.54) is 6.39 Å². The number of rotatable bonds is 5. The fourth-order valence-electron chi connectivity index (χ4n) is 0.806. The molecule has 0 bridgehead atoms. The number of aromatic nitrogens is 2. The summed E-state index contributed by atoms with van der Waals surface area (Å²) in [6.45, 7) is 3.78. The van der Waals surface area contributed by atoms with Crippen molar-refractivity contribution in [2.75, 3.05) is 13.1 Å². The molecule has 0 fully saturated rings. The van der Waals surface area contributed by atoms with Crippen LogP contribution in [0.3, 0.4) is 0 Å². The predicted octanol–water partition coefficient (Wildman–Crippen LogP) is 0.778. The van der Waals surface area contributed by atoms with E-state index in [0.29, 0.717) is 0 Å². The number of hydrogen-bond acceptors (Lipinski definition) is 4. The van der Waals surface area contributed by atoms with Crippen LogP contribution in [0.1, 0.15) is 12.7 Å². The molecule has 0 aliphatic heterocycles. The van der Waals surface area contributed by atoms with E-state index < -0.39 is 0 Å². The first-order valence-corrected chi connectivity index (χ1v) is 4.00. The summed E-state index contributed by atoms with van der Waals surface area (Å²) in [5.41, 5.74) is 0. The molecule has 4 heteroatoms. The minimum absolute atomic E-state index is 0.753. The molecule has 4 nitrogen and oxygen atoms in total. The third-order valence-corrected chi connectivity index (χ3v) is 1.43. The van der Waals surface area contributed by atoms with Crippen LogP contribution in [0.5, 0.6) is 0 Å². The zero-order chi connectivity index (χ0) is 8.65. The molecule has 12 heavy (non-hydrogen) atoms. The maximum Gasteiger partial charge on any atom is 0.213 e. The average molecular weight is 167 g/mol. The summed E-state index contributed by atoms with van der Waals surface area (Å²) in [4.78, 5) is 3.90. The maximum absolute atomic E-state index is 4.59. The van der Waals surface area contributed by atoms with Crippen molar-refractivity contribution in [3.05, 3.63) is 24.4 Å². The highest BCUT2D eigenvalue weighted by atomic mass is 16.5. The van der Waals surface area contributed by atoms with Gasteiger partial charge in [-0.05, 0) is 6.92 Å². The summed E-state index contributed by atoms with van der Waals surface area (Å²) < 4.78 is 4.59. The zero-order valence-corrected chi connectivity index (χ0v) is 7.16. The van der Waals surface area contributed by atoms with Crippen LogP contribution in [0.4, 0.5) is 0 Å². The highest BCUT2D eigenvalue weighted by Crippen LogP contribution is 1.87. The lowest BCUT2D eigenvalue weighted by Gasteiger charge is -1.96. The molecule has 66 valence electrons. The molecule has 0 unspecified atom stereocenters. The molecule has 0 amide bonds. The van der Waals surface area contributed by atoms with E-state index in [1.807, 2.05) is 13.0 Å². The first kappa shape index (κ1) is 8.93. The normalized spacial score (nSPS) is 11.1. The molecule has 1 heterocycles. The largest absolute Gasteiger partial charge is 0.343 e. The van der Waals surface area contributed by atoms with Gasteiger partial charge in [0.05, 0.1) is 0 Å². The lowest BCUT2D eigenvalue weighted by Crippen LogP contribution is -2.17. The van der Waals surface area contributed by atoms with Gasteiger partial charge in [-0.2, -0.15) is 4.98 Å². The van der Waals surface area contributed by atoms with Crippen LogP contribution in [0.2, 0.25) is 0 Å². The molecular formula is C8H13N3O. The molecule has 0 aliphatic carbocycles. The molecule has 1 rings (SSSR count). The van der Waals surface area contributed by atoms with Crippen molar-refractivity contribution in [3.8, 4) is 0 Å². The Balaban J connectivity index is 2.03. The van der Waals surface area contributed by atoms with Gasteiger partial charge in [0, 0.05) is 19.5 Å². The Kier molecular flexibility index (Phi) is 4.08. The van der Waals surface area contributed by atoms with E-state index in [9.17, 15) is 0 Å². The summed E-state index contributed by atoms with van der Waals surface area (Å²) >= 11 is 0. The Hall–Kier alpha value is -1.16. The lowest BCUT2D eigenvalue weighted by atomic mass is 10.4. The van der Waals surface area contributed by atoms with Crippen LogP contribution < -0.4 is 5.32 Å². The van der Waals surface area contributed by atoms with Crippen LogP contribution in [0, 0.1) is 0 Å². The number of allylic oxidation sites excluding steroid dienone is 1. The molecule has 1 N–H and O–H groups in total. The van der Waals surface area contributed by atoms with Gasteiger partial charge >= 0.3 is 0 Å². The summed E-state index contributed by atoms with van der Waals surface area (Å²) in [5, 5.41) is 6.91. The number of nitrogens with one attached hydrogen (secondary N) is 1. The van der Waals surface area contributed by atoms with Gasteiger partial charge in [0.1, 0.15) is 0 Å². The Morgan fingerprint density at radius 1 is 1.67 bits per heavy atom. The fourth-order valence-corrected chi connectivity index (χ4v) is 0.806. The second kappa shape index (κ2) is 5.49. The van der Waals surface area contributed by atoms with Crippen molar-refractivity contribution in [3.63, 3.8) is 0 Å². The fraction of sp³-hybridized carbons (Fsp3) is 0.500. The molecule has 0 aromatic carbocycles. The Morgan fingerprint density at radius 3 is 3.25 bits per heavy atom. The van der Waals surface area contributed by atoms with Gasteiger partial charge in [0.2, 0.25) is 6.39 Å². The van der Waals surface area contributed by atoms with Crippen molar-refractivity contribution >= 4 is 0 Å². The van der Waals surface area contributed by atoms with E-state index in [4.69, 9.17) is 0 Å². The Morgan fingerprint density at radius 2 is 2.58 bits per heavy atom. The first-order chi connectivity index (χ1) is 5.93. The molecule has 1 aromatic rings. The van der Waals surface area contributed by atoms with Gasteiger partial charge in [-0.1, -0.05) is 17.3 Å². The summed E-state index contributed by atoms with van der Waals surface area (Å²) in [5.74, 6) is 0.753. The molecule has 0 radical (unpaired) electrons. The highest BCUT2D eigenvalue weighted by Gasteiger charge is 1.95. The third kappa shape index (κ3) is 3.30. The second-order valence-corrected chi connectivity index (χ2v) is 2.37. The summed E-state index contributed by atoms with van der Waals surface area (Å²) in [6, 6.07) is 0. The molecule has 0 aliphatic rings. The smallest absolute Gasteiger partial charge is 0.213 e. The topological polar surface area (TPSA) is 51.0 Å². The molecule has 0 saturated heterocycles. The number of hydrogen-bond donors (Lipinski definition) is 1. The third-order valence-electron chi connectivity index (χ3n) is 1.43. The molecule has 0 spiro atoms. The quantitative estimate of drug-likeness (QED) is 0.520. The summed E-state index contributed by atoms with van der Waals surface area (Å²) in [6.07, 6.45) is 6.24. The van der Waals surface area contributed by atoms with Crippen LogP contribution in [-0.2, 0) is 6.42 Å². The standard InChI is InChI=1S/C8H13N3O/c1-2-3-5-9-6-4-8-10-7-12-11-8/h2-3,7,9H,4-6H2,1H3/b3-2+. The van der Waals surface area contributed by atoms with Crippen molar-refractivity contribution in [2.45, 2.75) is 13.3 Å². The van der Waals surface area contributed by atoms with Crippen LogP contribution in [0.15, 0.2) is 23.1 Å². The van der Waals surface area contributed by atoms with E-state index in [1.54, 1.807) is 0 Å². The van der Waals surface area contributed by atoms with Gasteiger partial charge in [-0.3, -0.25) is 0 Å². The molecule has 0 saturated carbocycles.